The summed E-state index contributed by atoms with van der Waals surface area (Å²) >= 11 is 3.20. The monoisotopic (exact) mass is 359 g/mol. The van der Waals surface area contributed by atoms with Gasteiger partial charge in [-0.15, -0.1) is 0 Å². The van der Waals surface area contributed by atoms with Crippen molar-refractivity contribution in [3.8, 4) is 0 Å². The fraction of sp³-hybridized carbons (Fsp3) is 0.333. The maximum Gasteiger partial charge on any atom is 0.242 e. The van der Waals surface area contributed by atoms with E-state index >= 15 is 0 Å². The topological polar surface area (TPSA) is 85.1 Å². The molecule has 1 atom stereocenters. The van der Waals surface area contributed by atoms with Gasteiger partial charge in [0, 0.05) is 28.5 Å². The zero-order valence-corrected chi connectivity index (χ0v) is 13.6. The van der Waals surface area contributed by atoms with Gasteiger partial charge in [-0.25, -0.2) is 13.1 Å². The number of aryl methyl sites for hydroxylation is 2. The number of sulfonamides is 1. The maximum absolute atomic E-state index is 12.3. The molecule has 0 spiro atoms. The molecule has 0 radical (unpaired) electrons. The molecular weight excluding hydrogens is 346 g/mol. The molecule has 20 heavy (non-hydrogen) atoms. The normalized spacial score (nSPS) is 13.4. The van der Waals surface area contributed by atoms with Gasteiger partial charge in [0.25, 0.3) is 0 Å². The van der Waals surface area contributed by atoms with Crippen molar-refractivity contribution < 1.29 is 12.9 Å². The SMILES string of the molecule is Cc1noc(C)c1C(C)NS(=O)(=O)c1cncc(Br)c1. The van der Waals surface area contributed by atoms with Gasteiger partial charge in [0.15, 0.2) is 0 Å². The number of aromatic nitrogens is 2. The summed E-state index contributed by atoms with van der Waals surface area (Å²) in [5, 5.41) is 3.82. The summed E-state index contributed by atoms with van der Waals surface area (Å²) in [6.07, 6.45) is 2.82. The van der Waals surface area contributed by atoms with Crippen molar-refractivity contribution in [2.75, 3.05) is 0 Å². The van der Waals surface area contributed by atoms with Crippen LogP contribution in [0, 0.1) is 13.8 Å². The summed E-state index contributed by atoms with van der Waals surface area (Å²) in [6.45, 7) is 5.27. The highest BCUT2D eigenvalue weighted by Crippen LogP contribution is 2.23. The van der Waals surface area contributed by atoms with Crippen molar-refractivity contribution >= 4 is 26.0 Å². The third kappa shape index (κ3) is 3.08. The quantitative estimate of drug-likeness (QED) is 0.906. The molecule has 2 rings (SSSR count). The Morgan fingerprint density at radius 2 is 2.05 bits per heavy atom. The molecule has 1 unspecified atom stereocenters. The van der Waals surface area contributed by atoms with Crippen molar-refractivity contribution in [3.63, 3.8) is 0 Å². The lowest BCUT2D eigenvalue weighted by molar-refractivity contribution is 0.391. The first-order valence-electron chi connectivity index (χ1n) is 5.87. The van der Waals surface area contributed by atoms with Crippen LogP contribution in [0.5, 0.6) is 0 Å². The van der Waals surface area contributed by atoms with Gasteiger partial charge in [-0.1, -0.05) is 5.16 Å². The Labute approximate surface area is 125 Å². The molecule has 2 aromatic rings. The van der Waals surface area contributed by atoms with Crippen LogP contribution in [0.3, 0.4) is 0 Å². The molecule has 0 aliphatic heterocycles. The molecule has 2 aromatic heterocycles. The molecule has 0 saturated carbocycles. The van der Waals surface area contributed by atoms with Crippen LogP contribution in [0.1, 0.15) is 30.0 Å². The average Bonchev–Trinajstić information content (AvgIpc) is 2.68. The smallest absolute Gasteiger partial charge is 0.242 e. The highest BCUT2D eigenvalue weighted by Gasteiger charge is 2.23. The van der Waals surface area contributed by atoms with Gasteiger partial charge in [0.2, 0.25) is 10.0 Å². The second kappa shape index (κ2) is 5.63. The fourth-order valence-corrected chi connectivity index (χ4v) is 3.72. The summed E-state index contributed by atoms with van der Waals surface area (Å²) in [5.74, 6) is 0.602. The highest BCUT2D eigenvalue weighted by molar-refractivity contribution is 9.10. The Morgan fingerprint density at radius 1 is 1.35 bits per heavy atom. The molecule has 0 saturated heterocycles. The number of nitrogens with zero attached hydrogens (tertiary/aromatic N) is 2. The van der Waals surface area contributed by atoms with Crippen LogP contribution in [0.2, 0.25) is 0 Å². The molecule has 0 amide bonds. The first-order chi connectivity index (χ1) is 9.31. The molecule has 1 N–H and O–H groups in total. The summed E-state index contributed by atoms with van der Waals surface area (Å²) in [6, 6.07) is 1.06. The van der Waals surface area contributed by atoms with E-state index in [1.807, 2.05) is 0 Å². The van der Waals surface area contributed by atoms with Crippen LogP contribution in [-0.2, 0) is 10.0 Å². The number of hydrogen-bond donors (Lipinski definition) is 1. The lowest BCUT2D eigenvalue weighted by Gasteiger charge is -2.14. The minimum absolute atomic E-state index is 0.102. The van der Waals surface area contributed by atoms with Gasteiger partial charge in [0.1, 0.15) is 10.7 Å². The van der Waals surface area contributed by atoms with E-state index in [4.69, 9.17) is 4.52 Å². The van der Waals surface area contributed by atoms with Gasteiger partial charge < -0.3 is 4.52 Å². The van der Waals surface area contributed by atoms with Crippen molar-refractivity contribution in [3.05, 3.63) is 40.0 Å². The van der Waals surface area contributed by atoms with Crippen molar-refractivity contribution in [2.24, 2.45) is 0 Å². The van der Waals surface area contributed by atoms with Crippen LogP contribution < -0.4 is 4.72 Å². The van der Waals surface area contributed by atoms with Crippen LogP contribution in [-0.4, -0.2) is 18.6 Å². The van der Waals surface area contributed by atoms with Gasteiger partial charge in [-0.2, -0.15) is 0 Å². The van der Waals surface area contributed by atoms with E-state index in [1.54, 1.807) is 20.8 Å². The highest BCUT2D eigenvalue weighted by atomic mass is 79.9. The summed E-state index contributed by atoms with van der Waals surface area (Å²) < 4.78 is 32.8. The van der Waals surface area contributed by atoms with E-state index in [9.17, 15) is 8.42 Å². The third-order valence-corrected chi connectivity index (χ3v) is 4.79. The Morgan fingerprint density at radius 3 is 2.60 bits per heavy atom. The molecule has 0 aromatic carbocycles. The number of rotatable bonds is 4. The minimum atomic E-state index is -3.65. The van der Waals surface area contributed by atoms with Crippen LogP contribution in [0.25, 0.3) is 0 Å². The van der Waals surface area contributed by atoms with Gasteiger partial charge >= 0.3 is 0 Å². The van der Waals surface area contributed by atoms with E-state index in [-0.39, 0.29) is 4.90 Å². The third-order valence-electron chi connectivity index (χ3n) is 2.84. The molecule has 0 aliphatic carbocycles. The van der Waals surface area contributed by atoms with E-state index in [0.29, 0.717) is 15.9 Å². The Bertz CT molecular complexity index is 708. The van der Waals surface area contributed by atoms with Crippen LogP contribution in [0.15, 0.2) is 32.4 Å². The molecule has 0 aliphatic rings. The predicted molar refractivity (Wildman–Crippen MR) is 76.7 cm³/mol. The Balaban J connectivity index is 2.29. The van der Waals surface area contributed by atoms with E-state index in [2.05, 4.69) is 30.8 Å². The van der Waals surface area contributed by atoms with Crippen molar-refractivity contribution in [2.45, 2.75) is 31.7 Å². The van der Waals surface area contributed by atoms with Crippen LogP contribution >= 0.6 is 15.9 Å². The summed E-state index contributed by atoms with van der Waals surface area (Å²) in [7, 11) is -3.65. The van der Waals surface area contributed by atoms with Crippen LogP contribution in [0.4, 0.5) is 0 Å². The zero-order chi connectivity index (χ0) is 14.9. The molecule has 0 fully saturated rings. The molecule has 0 bridgehead atoms. The first kappa shape index (κ1) is 15.1. The second-order valence-corrected chi connectivity index (χ2v) is 7.05. The van der Waals surface area contributed by atoms with E-state index < -0.39 is 16.1 Å². The Kier molecular flexibility index (Phi) is 4.26. The number of pyridine rings is 1. The first-order valence-corrected chi connectivity index (χ1v) is 8.14. The number of nitrogens with one attached hydrogen (secondary N) is 1. The fourth-order valence-electron chi connectivity index (χ4n) is 2.01. The molecule has 2 heterocycles. The number of hydrogen-bond acceptors (Lipinski definition) is 5. The lowest BCUT2D eigenvalue weighted by atomic mass is 10.1. The van der Waals surface area contributed by atoms with Gasteiger partial charge in [-0.3, -0.25) is 4.98 Å². The summed E-state index contributed by atoms with van der Waals surface area (Å²) in [4.78, 5) is 3.96. The molecule has 108 valence electrons. The second-order valence-electron chi connectivity index (χ2n) is 4.42. The van der Waals surface area contributed by atoms with Gasteiger partial charge in [-0.05, 0) is 42.8 Å². The van der Waals surface area contributed by atoms with Crippen molar-refractivity contribution in [1.29, 1.82) is 0 Å². The largest absolute Gasteiger partial charge is 0.361 e. The minimum Gasteiger partial charge on any atom is -0.361 e. The molecule has 8 heteroatoms. The lowest BCUT2D eigenvalue weighted by Crippen LogP contribution is -2.27. The molecular formula is C12H14BrN3O3S. The van der Waals surface area contributed by atoms with E-state index in [0.717, 1.165) is 5.56 Å². The number of halogens is 1. The Hall–Kier alpha value is -1.25. The van der Waals surface area contributed by atoms with E-state index in [1.165, 1.54) is 18.5 Å². The van der Waals surface area contributed by atoms with Crippen molar-refractivity contribution in [1.82, 2.24) is 14.9 Å². The molecule has 6 nitrogen and oxygen atoms in total. The average molecular weight is 360 g/mol. The maximum atomic E-state index is 12.3. The summed E-state index contributed by atoms with van der Waals surface area (Å²) in [5.41, 5.74) is 1.42. The van der Waals surface area contributed by atoms with Gasteiger partial charge in [0.05, 0.1) is 5.69 Å². The standard InChI is InChI=1S/C12H14BrN3O3S/c1-7-12(9(3)19-15-7)8(2)16-20(17,18)11-4-10(13)5-14-6-11/h4-6,8,16H,1-3H3. The predicted octanol–water partition coefficient (Wildman–Crippen LogP) is 2.49. The zero-order valence-electron chi connectivity index (χ0n) is 11.2.